The number of nitrogen functional groups attached to an aromatic ring is 1. The first-order chi connectivity index (χ1) is 11.7. The van der Waals surface area contributed by atoms with Gasteiger partial charge in [-0.05, 0) is 42.8 Å². The van der Waals surface area contributed by atoms with Gasteiger partial charge in [0.05, 0.1) is 11.0 Å². The summed E-state index contributed by atoms with van der Waals surface area (Å²) in [5.41, 5.74) is 9.44. The Hall–Kier alpha value is -3.21. The molecule has 0 atom stereocenters. The Morgan fingerprint density at radius 1 is 1.00 bits per heavy atom. The molecular formula is C19H16N4O. The van der Waals surface area contributed by atoms with Crippen LogP contribution in [0, 0.1) is 0 Å². The minimum Gasteiger partial charge on any atom is -0.384 e. The number of hydrogen-bond donors (Lipinski definition) is 1. The summed E-state index contributed by atoms with van der Waals surface area (Å²) in [6, 6.07) is 13.2. The van der Waals surface area contributed by atoms with Crippen LogP contribution in [0.1, 0.15) is 6.92 Å². The van der Waals surface area contributed by atoms with Crippen LogP contribution in [-0.4, -0.2) is 14.5 Å². The lowest BCUT2D eigenvalue weighted by Gasteiger charge is -2.11. The van der Waals surface area contributed by atoms with Gasteiger partial charge in [-0.25, -0.2) is 4.98 Å². The van der Waals surface area contributed by atoms with Crippen LogP contribution in [0.25, 0.3) is 32.9 Å². The standard InChI is InChI=1S/C19H16N4O/c1-2-23-18(24)8-5-14-11-21-16-6-3-12(9-15(16)19(14)23)13-4-7-17(20)22-10-13/h3-11H,2H2,1H3,(H2,20,22). The number of nitrogens with two attached hydrogens (primary N) is 1. The summed E-state index contributed by atoms with van der Waals surface area (Å²) < 4.78 is 1.78. The fraction of sp³-hybridized carbons (Fsp3) is 0.105. The largest absolute Gasteiger partial charge is 0.384 e. The fourth-order valence-corrected chi connectivity index (χ4v) is 3.05. The molecule has 4 aromatic rings. The van der Waals surface area contributed by atoms with Gasteiger partial charge in [-0.15, -0.1) is 0 Å². The van der Waals surface area contributed by atoms with Crippen molar-refractivity contribution in [2.75, 3.05) is 5.73 Å². The van der Waals surface area contributed by atoms with Crippen molar-refractivity contribution < 1.29 is 0 Å². The second kappa shape index (κ2) is 5.45. The average molecular weight is 316 g/mol. The number of rotatable bonds is 2. The maximum absolute atomic E-state index is 12.2. The van der Waals surface area contributed by atoms with Crippen molar-refractivity contribution in [3.05, 3.63) is 65.2 Å². The van der Waals surface area contributed by atoms with E-state index in [9.17, 15) is 4.79 Å². The van der Waals surface area contributed by atoms with Gasteiger partial charge in [0.15, 0.2) is 0 Å². The van der Waals surface area contributed by atoms with Gasteiger partial charge in [-0.1, -0.05) is 6.07 Å². The second-order valence-corrected chi connectivity index (χ2v) is 5.68. The molecule has 1 aromatic carbocycles. The number of nitrogens with zero attached hydrogens (tertiary/aromatic N) is 3. The molecule has 0 aliphatic carbocycles. The molecule has 3 heterocycles. The molecule has 0 fully saturated rings. The summed E-state index contributed by atoms with van der Waals surface area (Å²) in [5, 5.41) is 1.91. The van der Waals surface area contributed by atoms with Gasteiger partial charge in [0.2, 0.25) is 0 Å². The molecule has 0 unspecified atom stereocenters. The summed E-state index contributed by atoms with van der Waals surface area (Å²) in [5.74, 6) is 0.492. The van der Waals surface area contributed by atoms with Gasteiger partial charge in [0, 0.05) is 41.3 Å². The predicted octanol–water partition coefficient (Wildman–Crippen LogP) is 3.21. The Kier molecular flexibility index (Phi) is 3.27. The van der Waals surface area contributed by atoms with E-state index in [4.69, 9.17) is 5.73 Å². The molecule has 0 radical (unpaired) electrons. The molecule has 118 valence electrons. The highest BCUT2D eigenvalue weighted by Crippen LogP contribution is 2.28. The molecule has 5 heteroatoms. The van der Waals surface area contributed by atoms with Crippen LogP contribution in [0.2, 0.25) is 0 Å². The van der Waals surface area contributed by atoms with Crippen LogP contribution < -0.4 is 11.3 Å². The lowest BCUT2D eigenvalue weighted by atomic mass is 10.0. The molecule has 0 saturated heterocycles. The molecule has 0 aliphatic rings. The first-order valence-corrected chi connectivity index (χ1v) is 7.81. The molecular weight excluding hydrogens is 300 g/mol. The summed E-state index contributed by atoms with van der Waals surface area (Å²) >= 11 is 0. The Balaban J connectivity index is 2.07. The van der Waals surface area contributed by atoms with Crippen LogP contribution in [0.3, 0.4) is 0 Å². The smallest absolute Gasteiger partial charge is 0.251 e. The quantitative estimate of drug-likeness (QED) is 0.576. The zero-order valence-corrected chi connectivity index (χ0v) is 13.2. The summed E-state index contributed by atoms with van der Waals surface area (Å²) in [4.78, 5) is 20.9. The molecule has 3 aromatic heterocycles. The van der Waals surface area contributed by atoms with E-state index in [0.717, 1.165) is 32.9 Å². The number of aromatic nitrogens is 3. The normalized spacial score (nSPS) is 11.2. The van der Waals surface area contributed by atoms with Crippen molar-refractivity contribution >= 4 is 27.6 Å². The van der Waals surface area contributed by atoms with Gasteiger partial charge >= 0.3 is 0 Å². The molecule has 24 heavy (non-hydrogen) atoms. The Bertz CT molecular complexity index is 1110. The van der Waals surface area contributed by atoms with Crippen molar-refractivity contribution in [1.82, 2.24) is 14.5 Å². The van der Waals surface area contributed by atoms with E-state index in [1.807, 2.05) is 37.4 Å². The number of anilines is 1. The zero-order chi connectivity index (χ0) is 16.7. The predicted molar refractivity (Wildman–Crippen MR) is 96.8 cm³/mol. The number of pyridine rings is 3. The summed E-state index contributed by atoms with van der Waals surface area (Å²) in [7, 11) is 0. The van der Waals surface area contributed by atoms with Gasteiger partial charge in [0.1, 0.15) is 5.82 Å². The summed E-state index contributed by atoms with van der Waals surface area (Å²) in [6.07, 6.45) is 3.57. The molecule has 0 spiro atoms. The van der Waals surface area contributed by atoms with Crippen LogP contribution in [0.15, 0.2) is 59.7 Å². The second-order valence-electron chi connectivity index (χ2n) is 5.68. The van der Waals surface area contributed by atoms with E-state index in [0.29, 0.717) is 12.4 Å². The SMILES string of the molecule is CCn1c(=O)ccc2cnc3ccc(-c4ccc(N)nc4)cc3c21. The first-order valence-electron chi connectivity index (χ1n) is 7.81. The van der Waals surface area contributed by atoms with E-state index in [1.54, 1.807) is 22.9 Å². The van der Waals surface area contributed by atoms with Crippen LogP contribution in [0.5, 0.6) is 0 Å². The molecule has 0 amide bonds. The highest BCUT2D eigenvalue weighted by Gasteiger charge is 2.09. The Labute approximate surface area is 138 Å². The average Bonchev–Trinajstić information content (AvgIpc) is 2.61. The van der Waals surface area contributed by atoms with Crippen molar-refractivity contribution in [2.45, 2.75) is 13.5 Å². The van der Waals surface area contributed by atoms with Crippen molar-refractivity contribution in [2.24, 2.45) is 0 Å². The molecule has 0 aliphatic heterocycles. The molecule has 0 bridgehead atoms. The Morgan fingerprint density at radius 2 is 1.83 bits per heavy atom. The third-order valence-corrected chi connectivity index (χ3v) is 4.25. The monoisotopic (exact) mass is 316 g/mol. The van der Waals surface area contributed by atoms with Crippen molar-refractivity contribution in [3.63, 3.8) is 0 Å². The summed E-state index contributed by atoms with van der Waals surface area (Å²) in [6.45, 7) is 2.59. The minimum atomic E-state index is -0.00273. The van der Waals surface area contributed by atoms with Gasteiger partial charge in [-0.3, -0.25) is 9.78 Å². The van der Waals surface area contributed by atoms with Crippen molar-refractivity contribution in [1.29, 1.82) is 0 Å². The number of benzene rings is 1. The molecule has 0 saturated carbocycles. The van der Waals surface area contributed by atoms with Gasteiger partial charge < -0.3 is 10.3 Å². The van der Waals surface area contributed by atoms with E-state index >= 15 is 0 Å². The lowest BCUT2D eigenvalue weighted by molar-refractivity contribution is 0.762. The highest BCUT2D eigenvalue weighted by atomic mass is 16.1. The Morgan fingerprint density at radius 3 is 2.58 bits per heavy atom. The van der Waals surface area contributed by atoms with Gasteiger partial charge in [-0.2, -0.15) is 0 Å². The maximum Gasteiger partial charge on any atom is 0.251 e. The third-order valence-electron chi connectivity index (χ3n) is 4.25. The number of hydrogen-bond acceptors (Lipinski definition) is 4. The van der Waals surface area contributed by atoms with Crippen molar-refractivity contribution in [3.8, 4) is 11.1 Å². The first kappa shape index (κ1) is 14.4. The molecule has 2 N–H and O–H groups in total. The van der Waals surface area contributed by atoms with E-state index < -0.39 is 0 Å². The van der Waals surface area contributed by atoms with Gasteiger partial charge in [0.25, 0.3) is 5.56 Å². The third kappa shape index (κ3) is 2.22. The van der Waals surface area contributed by atoms with Crippen LogP contribution in [-0.2, 0) is 6.54 Å². The van der Waals surface area contributed by atoms with E-state index in [1.165, 1.54) is 0 Å². The van der Waals surface area contributed by atoms with Crippen LogP contribution >= 0.6 is 0 Å². The van der Waals surface area contributed by atoms with Crippen LogP contribution in [0.4, 0.5) is 5.82 Å². The highest BCUT2D eigenvalue weighted by molar-refractivity contribution is 6.04. The number of aryl methyl sites for hydroxylation is 1. The topological polar surface area (TPSA) is 73.8 Å². The van der Waals surface area contributed by atoms with E-state index in [-0.39, 0.29) is 5.56 Å². The fourth-order valence-electron chi connectivity index (χ4n) is 3.05. The van der Waals surface area contributed by atoms with E-state index in [2.05, 4.69) is 16.0 Å². The lowest BCUT2D eigenvalue weighted by Crippen LogP contribution is -2.18. The number of fused-ring (bicyclic) bond motifs is 3. The minimum absolute atomic E-state index is 0.00273. The maximum atomic E-state index is 12.2. The molecule has 5 nitrogen and oxygen atoms in total. The molecule has 4 rings (SSSR count). The zero-order valence-electron chi connectivity index (χ0n) is 13.2.